The molecule has 0 saturated carbocycles. The molecular weight excluding hydrogens is 328 g/mol. The minimum atomic E-state index is -0.115. The molecule has 1 aliphatic heterocycles. The highest BCUT2D eigenvalue weighted by Crippen LogP contribution is 2.24. The maximum atomic E-state index is 13.0. The predicted molar refractivity (Wildman–Crippen MR) is 98.1 cm³/mol. The zero-order chi connectivity index (χ0) is 18.1. The highest BCUT2D eigenvalue weighted by molar-refractivity contribution is 5.91. The molecule has 0 bridgehead atoms. The molecule has 0 spiro atoms. The Hall–Kier alpha value is -2.89. The van der Waals surface area contributed by atoms with Gasteiger partial charge in [-0.15, -0.1) is 5.10 Å². The first-order chi connectivity index (χ1) is 12.6. The Labute approximate surface area is 152 Å². The van der Waals surface area contributed by atoms with Crippen molar-refractivity contribution in [2.45, 2.75) is 39.2 Å². The third-order valence-corrected chi connectivity index (χ3v) is 4.88. The van der Waals surface area contributed by atoms with E-state index in [9.17, 15) is 4.79 Å². The van der Waals surface area contributed by atoms with E-state index in [1.165, 1.54) is 0 Å². The summed E-state index contributed by atoms with van der Waals surface area (Å²) in [4.78, 5) is 19.4. The van der Waals surface area contributed by atoms with Gasteiger partial charge in [0.15, 0.2) is 11.6 Å². The molecule has 0 unspecified atom stereocenters. The largest absolute Gasteiger partial charge is 0.461 e. The second kappa shape index (κ2) is 6.78. The molecule has 0 aliphatic carbocycles. The van der Waals surface area contributed by atoms with Crippen LogP contribution in [0.3, 0.4) is 0 Å². The van der Waals surface area contributed by atoms with E-state index in [4.69, 9.17) is 4.42 Å². The third-order valence-electron chi connectivity index (χ3n) is 4.88. The molecule has 1 saturated heterocycles. The van der Waals surface area contributed by atoms with Gasteiger partial charge in [0.1, 0.15) is 0 Å². The van der Waals surface area contributed by atoms with Crippen molar-refractivity contribution < 1.29 is 9.21 Å². The molecule has 26 heavy (non-hydrogen) atoms. The number of amides is 1. The Morgan fingerprint density at radius 3 is 2.69 bits per heavy atom. The van der Waals surface area contributed by atoms with E-state index >= 15 is 0 Å². The van der Waals surface area contributed by atoms with Gasteiger partial charge in [0.05, 0.1) is 12.0 Å². The van der Waals surface area contributed by atoms with E-state index in [2.05, 4.69) is 17.0 Å². The smallest absolute Gasteiger partial charge is 0.293 e. The van der Waals surface area contributed by atoms with Gasteiger partial charge >= 0.3 is 0 Å². The number of nitrogens with zero attached hydrogens (tertiary/aromatic N) is 4. The number of hydrogen-bond donors (Lipinski definition) is 0. The van der Waals surface area contributed by atoms with Crippen molar-refractivity contribution in [3.63, 3.8) is 0 Å². The number of furan rings is 1. The molecule has 6 heteroatoms. The van der Waals surface area contributed by atoms with Gasteiger partial charge in [0.2, 0.25) is 5.82 Å². The first kappa shape index (κ1) is 16.6. The van der Waals surface area contributed by atoms with Gasteiger partial charge in [-0.25, -0.2) is 4.68 Å². The van der Waals surface area contributed by atoms with E-state index in [0.29, 0.717) is 11.6 Å². The molecule has 0 N–H and O–H groups in total. The Bertz CT molecular complexity index is 897. The number of hydrogen-bond acceptors (Lipinski definition) is 4. The molecule has 1 fully saturated rings. The number of benzene rings is 1. The maximum Gasteiger partial charge on any atom is 0.293 e. The zero-order valence-electron chi connectivity index (χ0n) is 15.1. The molecule has 1 aliphatic rings. The molecule has 1 amide bonds. The van der Waals surface area contributed by atoms with Crippen molar-refractivity contribution in [2.75, 3.05) is 6.54 Å². The average Bonchev–Trinajstić information content (AvgIpc) is 3.32. The van der Waals surface area contributed by atoms with Crippen molar-refractivity contribution in [1.29, 1.82) is 0 Å². The number of carbonyl (C=O) groups excluding carboxylic acids is 1. The van der Waals surface area contributed by atoms with E-state index in [-0.39, 0.29) is 17.8 Å². The lowest BCUT2D eigenvalue weighted by Crippen LogP contribution is -2.42. The topological polar surface area (TPSA) is 64.2 Å². The third kappa shape index (κ3) is 3.03. The lowest BCUT2D eigenvalue weighted by atomic mass is 10.0. The fraction of sp³-hybridized carbons (Fsp3) is 0.350. The number of likely N-dealkylation sites (tertiary alicyclic amines) is 1. The summed E-state index contributed by atoms with van der Waals surface area (Å²) in [5, 5.41) is 4.53. The van der Waals surface area contributed by atoms with Gasteiger partial charge in [-0.05, 0) is 57.4 Å². The molecule has 3 aromatic rings. The fourth-order valence-electron chi connectivity index (χ4n) is 3.36. The van der Waals surface area contributed by atoms with Crippen LogP contribution in [0, 0.1) is 6.92 Å². The van der Waals surface area contributed by atoms with E-state index in [1.807, 2.05) is 42.2 Å². The molecule has 1 aromatic carbocycles. The van der Waals surface area contributed by atoms with Crippen LogP contribution in [0.1, 0.15) is 42.4 Å². The minimum absolute atomic E-state index is 0.115. The number of aryl methyl sites for hydroxylation is 1. The summed E-state index contributed by atoms with van der Waals surface area (Å²) in [6.07, 6.45) is 4.81. The van der Waals surface area contributed by atoms with E-state index in [1.54, 1.807) is 17.0 Å². The van der Waals surface area contributed by atoms with Gasteiger partial charge in [-0.1, -0.05) is 17.7 Å². The molecular formula is C20H22N4O2. The normalized spacial score (nSPS) is 17.5. The van der Waals surface area contributed by atoms with E-state index < -0.39 is 0 Å². The predicted octanol–water partition coefficient (Wildman–Crippen LogP) is 3.85. The summed E-state index contributed by atoms with van der Waals surface area (Å²) in [5.41, 5.74) is 2.01. The van der Waals surface area contributed by atoms with Gasteiger partial charge in [-0.2, -0.15) is 4.98 Å². The lowest BCUT2D eigenvalue weighted by molar-refractivity contribution is 0.0623. The molecule has 134 valence electrons. The Morgan fingerprint density at radius 1 is 1.19 bits per heavy atom. The summed E-state index contributed by atoms with van der Waals surface area (Å²) in [7, 11) is 0. The van der Waals surface area contributed by atoms with Gasteiger partial charge in [0.25, 0.3) is 5.91 Å². The van der Waals surface area contributed by atoms with Gasteiger partial charge in [0, 0.05) is 12.6 Å². The SMILES string of the molecule is Cc1ccc(-n2nc(C(=O)N3CCCC[C@@H]3C)nc2-c2ccco2)cc1. The fourth-order valence-corrected chi connectivity index (χ4v) is 3.36. The first-order valence-electron chi connectivity index (χ1n) is 9.02. The standard InChI is InChI=1S/C20H22N4O2/c1-14-8-10-16(11-9-14)24-19(17-7-5-13-26-17)21-18(22-24)20(25)23-12-4-3-6-15(23)2/h5,7-11,13,15H,3-4,6,12H2,1-2H3/t15-/m0/s1. The molecule has 1 atom stereocenters. The van der Waals surface area contributed by atoms with Crippen LogP contribution in [0.4, 0.5) is 0 Å². The first-order valence-corrected chi connectivity index (χ1v) is 9.02. The second-order valence-corrected chi connectivity index (χ2v) is 6.83. The number of piperidine rings is 1. The van der Waals surface area contributed by atoms with Crippen molar-refractivity contribution in [3.8, 4) is 17.3 Å². The summed E-state index contributed by atoms with van der Waals surface area (Å²) in [6.45, 7) is 4.88. The molecule has 3 heterocycles. The quantitative estimate of drug-likeness (QED) is 0.720. The Morgan fingerprint density at radius 2 is 2.00 bits per heavy atom. The second-order valence-electron chi connectivity index (χ2n) is 6.83. The maximum absolute atomic E-state index is 13.0. The van der Waals surface area contributed by atoms with Crippen molar-refractivity contribution in [3.05, 3.63) is 54.0 Å². The average molecular weight is 350 g/mol. The van der Waals surface area contributed by atoms with E-state index in [0.717, 1.165) is 37.1 Å². The van der Waals surface area contributed by atoms with Crippen molar-refractivity contribution in [2.24, 2.45) is 0 Å². The van der Waals surface area contributed by atoms with Crippen molar-refractivity contribution in [1.82, 2.24) is 19.7 Å². The van der Waals surface area contributed by atoms with Crippen LogP contribution in [0.15, 0.2) is 47.1 Å². The summed E-state index contributed by atoms with van der Waals surface area (Å²) in [6, 6.07) is 11.8. The van der Waals surface area contributed by atoms with Crippen LogP contribution < -0.4 is 0 Å². The molecule has 4 rings (SSSR count). The Balaban J connectivity index is 1.76. The van der Waals surface area contributed by atoms with Crippen LogP contribution in [0.2, 0.25) is 0 Å². The van der Waals surface area contributed by atoms with Crippen molar-refractivity contribution >= 4 is 5.91 Å². The summed E-state index contributed by atoms with van der Waals surface area (Å²) < 4.78 is 7.20. The number of carbonyl (C=O) groups is 1. The highest BCUT2D eigenvalue weighted by atomic mass is 16.3. The zero-order valence-corrected chi connectivity index (χ0v) is 15.1. The van der Waals surface area contributed by atoms with Gasteiger partial charge < -0.3 is 9.32 Å². The number of rotatable bonds is 3. The summed E-state index contributed by atoms with van der Waals surface area (Å²) in [5.74, 6) is 1.22. The molecule has 2 aromatic heterocycles. The monoisotopic (exact) mass is 350 g/mol. The van der Waals surface area contributed by atoms with Crippen LogP contribution >= 0.6 is 0 Å². The lowest BCUT2D eigenvalue weighted by Gasteiger charge is -2.32. The van der Waals surface area contributed by atoms with Crippen LogP contribution in [-0.4, -0.2) is 38.2 Å². The van der Waals surface area contributed by atoms with Crippen LogP contribution in [0.25, 0.3) is 17.3 Å². The van der Waals surface area contributed by atoms with Gasteiger partial charge in [-0.3, -0.25) is 4.79 Å². The molecule has 0 radical (unpaired) electrons. The minimum Gasteiger partial charge on any atom is -0.461 e. The molecule has 6 nitrogen and oxygen atoms in total. The Kier molecular flexibility index (Phi) is 4.32. The highest BCUT2D eigenvalue weighted by Gasteiger charge is 2.28. The summed E-state index contributed by atoms with van der Waals surface area (Å²) >= 11 is 0. The van der Waals surface area contributed by atoms with Crippen LogP contribution in [0.5, 0.6) is 0 Å². The number of aromatic nitrogens is 3. The van der Waals surface area contributed by atoms with Crippen LogP contribution in [-0.2, 0) is 0 Å².